The fraction of sp³-hybridized carbons (Fsp3) is 0.892. The Balaban J connectivity index is 1.15. The van der Waals surface area contributed by atoms with Crippen molar-refractivity contribution in [3.05, 3.63) is 11.6 Å². The van der Waals surface area contributed by atoms with E-state index in [1.807, 2.05) is 0 Å². The van der Waals surface area contributed by atoms with Crippen LogP contribution in [0.4, 0.5) is 0 Å². The van der Waals surface area contributed by atoms with Gasteiger partial charge in [0.05, 0.1) is 30.0 Å². The molecule has 0 aromatic rings. The van der Waals surface area contributed by atoms with Crippen LogP contribution in [0.25, 0.3) is 0 Å². The molecule has 10 heteroatoms. The normalized spacial score (nSPS) is 47.0. The predicted molar refractivity (Wildman–Crippen MR) is 186 cm³/mol. The summed E-state index contributed by atoms with van der Waals surface area (Å²) in [6.07, 6.45) is 18.2. The van der Waals surface area contributed by atoms with E-state index in [0.717, 1.165) is 77.0 Å². The van der Waals surface area contributed by atoms with E-state index in [9.17, 15) is 15.3 Å². The monoisotopic (exact) mass is 656 g/mol. The fourth-order valence-electron chi connectivity index (χ4n) is 11.6. The van der Waals surface area contributed by atoms with Crippen LogP contribution in [0.2, 0.25) is 0 Å². The summed E-state index contributed by atoms with van der Waals surface area (Å²) in [5, 5.41) is 38.4. The number of aliphatic hydroxyl groups excluding tert-OH is 2. The van der Waals surface area contributed by atoms with Gasteiger partial charge in [0, 0.05) is 25.9 Å². The number of nitrogens with two attached hydrogens (primary N) is 2. The van der Waals surface area contributed by atoms with E-state index >= 15 is 0 Å². The highest BCUT2D eigenvalue weighted by Crippen LogP contribution is 2.69. The van der Waals surface area contributed by atoms with E-state index in [1.54, 1.807) is 14.1 Å². The van der Waals surface area contributed by atoms with E-state index < -0.39 is 5.60 Å². The molecule has 0 aromatic carbocycles. The van der Waals surface area contributed by atoms with Crippen LogP contribution in [0, 0.1) is 40.4 Å². The molecule has 9 N–H and O–H groups in total. The quantitative estimate of drug-likeness (QED) is 0.0677. The van der Waals surface area contributed by atoms with E-state index in [-0.39, 0.29) is 41.4 Å². The lowest BCUT2D eigenvalue weighted by atomic mass is 9.46. The van der Waals surface area contributed by atoms with E-state index in [0.29, 0.717) is 47.9 Å². The fourth-order valence-corrected chi connectivity index (χ4v) is 11.6. The first-order valence-corrected chi connectivity index (χ1v) is 18.7. The molecule has 5 aliphatic carbocycles. The van der Waals surface area contributed by atoms with Crippen molar-refractivity contribution in [2.75, 3.05) is 20.7 Å². The van der Waals surface area contributed by atoms with Gasteiger partial charge in [-0.25, -0.2) is 0 Å². The van der Waals surface area contributed by atoms with Gasteiger partial charge in [0.1, 0.15) is 6.17 Å². The van der Waals surface area contributed by atoms with Gasteiger partial charge in [-0.15, -0.1) is 0 Å². The zero-order valence-electron chi connectivity index (χ0n) is 29.5. The molecule has 5 saturated carbocycles. The Hall–Kier alpha value is -1.88. The molecule has 1 saturated heterocycles. The van der Waals surface area contributed by atoms with Crippen LogP contribution in [-0.4, -0.2) is 77.5 Å². The van der Waals surface area contributed by atoms with Crippen molar-refractivity contribution < 1.29 is 20.1 Å². The van der Waals surface area contributed by atoms with Crippen LogP contribution in [0.15, 0.2) is 21.6 Å². The molecule has 6 aliphatic rings. The van der Waals surface area contributed by atoms with Gasteiger partial charge in [0.25, 0.3) is 0 Å². The van der Waals surface area contributed by atoms with Crippen LogP contribution >= 0.6 is 0 Å². The second-order valence-electron chi connectivity index (χ2n) is 17.1. The van der Waals surface area contributed by atoms with Crippen molar-refractivity contribution in [1.29, 1.82) is 0 Å². The van der Waals surface area contributed by atoms with Crippen molar-refractivity contribution >= 4 is 11.9 Å². The third-order valence-corrected chi connectivity index (χ3v) is 14.3. The third kappa shape index (κ3) is 6.95. The number of aliphatic imine (C=N–C) groups is 2. The minimum Gasteiger partial charge on any atom is -0.393 e. The van der Waals surface area contributed by atoms with E-state index in [2.05, 4.69) is 40.5 Å². The number of allylic oxidation sites excluding steroid dienone is 1. The van der Waals surface area contributed by atoms with Gasteiger partial charge in [-0.1, -0.05) is 18.6 Å². The molecule has 0 unspecified atom stereocenters. The second kappa shape index (κ2) is 13.4. The van der Waals surface area contributed by atoms with Gasteiger partial charge in [0.2, 0.25) is 0 Å². The van der Waals surface area contributed by atoms with Gasteiger partial charge in [-0.05, 0) is 138 Å². The lowest BCUT2D eigenvalue weighted by molar-refractivity contribution is -0.0702. The molecule has 0 bridgehead atoms. The van der Waals surface area contributed by atoms with Crippen LogP contribution < -0.4 is 22.1 Å². The minimum atomic E-state index is -0.709. The summed E-state index contributed by atoms with van der Waals surface area (Å²) in [5.41, 5.74) is 13.3. The Morgan fingerprint density at radius 3 is 2.43 bits per heavy atom. The van der Waals surface area contributed by atoms with E-state index in [4.69, 9.17) is 16.2 Å². The maximum atomic E-state index is 11.2. The first kappa shape index (κ1) is 35.0. The smallest absolute Gasteiger partial charge is 0.189 e. The molecule has 0 radical (unpaired) electrons. The highest BCUT2D eigenvalue weighted by molar-refractivity contribution is 5.81. The molecule has 11 atom stereocenters. The topological polar surface area (TPSA) is 174 Å². The Bertz CT molecular complexity index is 1210. The molecule has 6 rings (SSSR count). The summed E-state index contributed by atoms with van der Waals surface area (Å²) in [6.45, 7) is 4.99. The Morgan fingerprint density at radius 2 is 1.74 bits per heavy atom. The first-order chi connectivity index (χ1) is 22.4. The molecule has 266 valence electrons. The number of hydrogen-bond donors (Lipinski definition) is 7. The summed E-state index contributed by atoms with van der Waals surface area (Å²) in [4.78, 5) is 8.26. The summed E-state index contributed by atoms with van der Waals surface area (Å²) < 4.78 is 6.73. The number of rotatable bonds is 8. The van der Waals surface area contributed by atoms with Crippen molar-refractivity contribution in [3.63, 3.8) is 0 Å². The van der Waals surface area contributed by atoms with Crippen molar-refractivity contribution in [2.24, 2.45) is 61.9 Å². The summed E-state index contributed by atoms with van der Waals surface area (Å²) in [6, 6.07) is 0. The first-order valence-electron chi connectivity index (χ1n) is 18.7. The number of aliphatic hydroxyl groups is 3. The maximum Gasteiger partial charge on any atom is 0.189 e. The van der Waals surface area contributed by atoms with Crippen molar-refractivity contribution in [3.8, 4) is 0 Å². The zero-order valence-corrected chi connectivity index (χ0v) is 29.5. The lowest BCUT2D eigenvalue weighted by Gasteiger charge is -2.59. The number of ether oxygens (including phenoxy) is 1. The SMILES string of the molecule is CN=C(N)NC(NC(N)=NC)[C@H]1CC[C@@H]([C@@]2(C)C[C@@H]3/C(=C\CO)C[C@@]4(CC[C@H](CC[C@]5(O)CCC[C@H](O)C5)C4)[C@@H]4O[C@]4(C)CC[C@H]32)C1. The maximum absolute atomic E-state index is 11.2. The molecule has 47 heavy (non-hydrogen) atoms. The summed E-state index contributed by atoms with van der Waals surface area (Å²) >= 11 is 0. The van der Waals surface area contributed by atoms with Gasteiger partial charge in [-0.2, -0.15) is 0 Å². The number of hydrogen-bond acceptors (Lipinski definition) is 6. The molecule has 0 amide bonds. The Morgan fingerprint density at radius 1 is 1.00 bits per heavy atom. The largest absolute Gasteiger partial charge is 0.393 e. The lowest BCUT2D eigenvalue weighted by Crippen LogP contribution is -2.56. The molecular weight excluding hydrogens is 592 g/mol. The minimum absolute atomic E-state index is 0.0680. The summed E-state index contributed by atoms with van der Waals surface area (Å²) in [7, 11) is 3.38. The second-order valence-corrected chi connectivity index (χ2v) is 17.1. The number of epoxide rings is 1. The van der Waals surface area contributed by atoms with Crippen molar-refractivity contribution in [2.45, 2.75) is 146 Å². The van der Waals surface area contributed by atoms with Gasteiger partial charge in [-0.3, -0.25) is 9.98 Å². The van der Waals surface area contributed by atoms with Crippen LogP contribution in [0.1, 0.15) is 117 Å². The molecular formula is C37H64N6O4. The van der Waals surface area contributed by atoms with Gasteiger partial charge >= 0.3 is 0 Å². The average Bonchev–Trinajstić information content (AvgIpc) is 3.35. The van der Waals surface area contributed by atoms with Crippen LogP contribution in [-0.2, 0) is 4.74 Å². The molecule has 1 heterocycles. The number of fused-ring (bicyclic) bond motifs is 3. The highest BCUT2D eigenvalue weighted by Gasteiger charge is 2.67. The molecule has 6 fully saturated rings. The third-order valence-electron chi connectivity index (χ3n) is 14.3. The molecule has 1 aliphatic heterocycles. The van der Waals surface area contributed by atoms with Crippen LogP contribution in [0.5, 0.6) is 0 Å². The average molecular weight is 657 g/mol. The Kier molecular flexibility index (Phi) is 10.00. The molecule has 10 nitrogen and oxygen atoms in total. The van der Waals surface area contributed by atoms with Crippen molar-refractivity contribution in [1.82, 2.24) is 10.6 Å². The van der Waals surface area contributed by atoms with Gasteiger partial charge in [0.15, 0.2) is 11.9 Å². The van der Waals surface area contributed by atoms with Gasteiger partial charge < -0.3 is 42.2 Å². The van der Waals surface area contributed by atoms with E-state index in [1.165, 1.54) is 24.8 Å². The highest BCUT2D eigenvalue weighted by atomic mass is 16.6. The number of nitrogens with one attached hydrogen (secondary N) is 2. The number of nitrogens with zero attached hydrogens (tertiary/aromatic N) is 2. The predicted octanol–water partition coefficient (Wildman–Crippen LogP) is 3.93. The standard InChI is InChI=1S/C37H64N6O4/c1-34(26-8-7-24(18-26)30(42-32(38)40-3)43-33(39)41-4)22-28-25(12-17-44)20-36(31-35(2,47-31)14-11-29(28)34)15-9-23(19-36)10-16-37(46)13-5-6-27(45)21-37/h12,23-24,26-31,44-46H,5-11,13-22H2,1-4H3,(H3,38,40,42)(H3,39,41,43)/b25-12-/t23-,24+,26-,27+,28-,29-,31-,34-,35-,36+,37-/m1/s1. The summed E-state index contributed by atoms with van der Waals surface area (Å²) in [5.74, 6) is 3.45. The molecule has 0 aromatic heterocycles. The Labute approximate surface area is 282 Å². The number of guanidine groups is 2. The molecule has 1 spiro atoms. The zero-order chi connectivity index (χ0) is 33.6. The van der Waals surface area contributed by atoms with Crippen LogP contribution in [0.3, 0.4) is 0 Å².